The van der Waals surface area contributed by atoms with Gasteiger partial charge < -0.3 is 9.31 Å². The third-order valence-electron chi connectivity index (χ3n) is 9.35. The van der Waals surface area contributed by atoms with Gasteiger partial charge >= 0.3 is 7.12 Å². The standard InChI is InChI=1S/C19H22BN3O2.C17H12BrN5.C4H2Br2N2/c1-13-7-6-8-17(22-13)23-16-11-15(10-9-14(16)12-21-23)20-24-18(2,3)19(4,5)25-20;1-11-3-2-4-17(21-11)23-15-7-12(5-6-13(15)8-20-23)14-9-19-10-16(18)22-14;5-3-1-7-2-4(6)8-3/h6-12H,1-5H3;2-10H,1H3;1-2H. The molecule has 1 fully saturated rings. The van der Waals surface area contributed by atoms with Crippen LogP contribution in [0.1, 0.15) is 39.1 Å². The summed E-state index contributed by atoms with van der Waals surface area (Å²) in [5, 5.41) is 11.1. The molecule has 1 aliphatic heterocycles. The third kappa shape index (κ3) is 8.79. The van der Waals surface area contributed by atoms with Crippen molar-refractivity contribution < 1.29 is 9.31 Å². The zero-order chi connectivity index (χ0) is 39.6. The largest absolute Gasteiger partial charge is 0.494 e. The first kappa shape index (κ1) is 39.5. The molecule has 0 aliphatic carbocycles. The van der Waals surface area contributed by atoms with E-state index in [2.05, 4.69) is 134 Å². The number of aryl methyl sites for hydroxylation is 2. The lowest BCUT2D eigenvalue weighted by atomic mass is 9.79. The van der Waals surface area contributed by atoms with Crippen LogP contribution in [0.25, 0.3) is 44.7 Å². The molecule has 9 rings (SSSR count). The van der Waals surface area contributed by atoms with E-state index in [0.717, 1.165) is 70.8 Å². The summed E-state index contributed by atoms with van der Waals surface area (Å²) in [6.07, 6.45) is 10.4. The first-order chi connectivity index (χ1) is 26.8. The number of hydrogen-bond acceptors (Lipinski definition) is 10. The van der Waals surface area contributed by atoms with Crippen molar-refractivity contribution in [2.75, 3.05) is 0 Å². The van der Waals surface area contributed by atoms with Gasteiger partial charge in [-0.3, -0.25) is 9.97 Å². The van der Waals surface area contributed by atoms with Crippen molar-refractivity contribution >= 4 is 82.2 Å². The van der Waals surface area contributed by atoms with Crippen molar-refractivity contribution in [2.45, 2.75) is 52.7 Å². The van der Waals surface area contributed by atoms with Crippen molar-refractivity contribution in [3.8, 4) is 22.9 Å². The molecule has 1 aliphatic rings. The molecule has 0 unspecified atom stereocenters. The summed E-state index contributed by atoms with van der Waals surface area (Å²) in [6, 6.07) is 24.1. The Kier molecular flexibility index (Phi) is 11.6. The highest BCUT2D eigenvalue weighted by molar-refractivity contribution is 9.11. The van der Waals surface area contributed by atoms with E-state index in [-0.39, 0.29) is 18.3 Å². The summed E-state index contributed by atoms with van der Waals surface area (Å²) in [4.78, 5) is 25.5. The molecule has 0 saturated carbocycles. The Hall–Kier alpha value is -4.74. The van der Waals surface area contributed by atoms with Gasteiger partial charge in [0.25, 0.3) is 0 Å². The molecule has 8 aromatic rings. The van der Waals surface area contributed by atoms with Crippen LogP contribution < -0.4 is 5.46 Å². The molecule has 1 saturated heterocycles. The first-order valence-corrected chi connectivity index (χ1v) is 19.9. The lowest BCUT2D eigenvalue weighted by molar-refractivity contribution is 0.00578. The molecule has 16 heteroatoms. The smallest absolute Gasteiger partial charge is 0.399 e. The number of benzene rings is 2. The average Bonchev–Trinajstić information content (AvgIpc) is 3.84. The molecule has 0 amide bonds. The van der Waals surface area contributed by atoms with E-state index in [1.165, 1.54) is 0 Å². The molecule has 56 heavy (non-hydrogen) atoms. The molecule has 0 N–H and O–H groups in total. The second-order valence-corrected chi connectivity index (χ2v) is 16.4. The van der Waals surface area contributed by atoms with Gasteiger partial charge in [0.15, 0.2) is 11.6 Å². The second kappa shape index (κ2) is 16.4. The van der Waals surface area contributed by atoms with Gasteiger partial charge in [0.2, 0.25) is 0 Å². The van der Waals surface area contributed by atoms with Gasteiger partial charge in [0, 0.05) is 27.7 Å². The number of fused-ring (bicyclic) bond motifs is 2. The van der Waals surface area contributed by atoms with Crippen LogP contribution in [-0.2, 0) is 9.31 Å². The Morgan fingerprint density at radius 2 is 1.05 bits per heavy atom. The monoisotopic (exact) mass is 936 g/mol. The van der Waals surface area contributed by atoms with Crippen molar-refractivity contribution in [3.05, 3.63) is 135 Å². The van der Waals surface area contributed by atoms with Crippen LogP contribution in [0, 0.1) is 13.8 Å². The summed E-state index contributed by atoms with van der Waals surface area (Å²) >= 11 is 9.68. The fourth-order valence-corrected chi connectivity index (χ4v) is 6.96. The fourth-order valence-electron chi connectivity index (χ4n) is 5.80. The Morgan fingerprint density at radius 3 is 1.55 bits per heavy atom. The Labute approximate surface area is 349 Å². The Morgan fingerprint density at radius 1 is 0.554 bits per heavy atom. The maximum absolute atomic E-state index is 6.17. The van der Waals surface area contributed by atoms with Gasteiger partial charge in [0.1, 0.15) is 13.8 Å². The molecule has 0 radical (unpaired) electrons. The van der Waals surface area contributed by atoms with Gasteiger partial charge in [0.05, 0.1) is 65.1 Å². The van der Waals surface area contributed by atoms with Crippen molar-refractivity contribution in [1.29, 1.82) is 0 Å². The number of pyridine rings is 2. The zero-order valence-electron chi connectivity index (χ0n) is 31.4. The van der Waals surface area contributed by atoms with Crippen LogP contribution in [-0.4, -0.2) is 67.8 Å². The van der Waals surface area contributed by atoms with Gasteiger partial charge in [-0.25, -0.2) is 29.3 Å². The average molecular weight is 939 g/mol. The van der Waals surface area contributed by atoms with Gasteiger partial charge in [-0.15, -0.1) is 0 Å². The van der Waals surface area contributed by atoms with Crippen molar-refractivity contribution in [1.82, 2.24) is 49.5 Å². The van der Waals surface area contributed by atoms with Gasteiger partial charge in [-0.2, -0.15) is 10.2 Å². The first-order valence-electron chi connectivity index (χ1n) is 17.6. The maximum atomic E-state index is 6.17. The summed E-state index contributed by atoms with van der Waals surface area (Å²) in [7, 11) is -0.386. The van der Waals surface area contributed by atoms with Crippen LogP contribution in [0.3, 0.4) is 0 Å². The normalized spacial score (nSPS) is 14.3. The van der Waals surface area contributed by atoms with E-state index < -0.39 is 0 Å². The molecule has 12 nitrogen and oxygen atoms in total. The van der Waals surface area contributed by atoms with Gasteiger partial charge in [-0.1, -0.05) is 36.4 Å². The molecular weight excluding hydrogens is 903 g/mol. The topological polar surface area (TPSA) is 131 Å². The predicted octanol–water partition coefficient (Wildman–Crippen LogP) is 8.98. The van der Waals surface area contributed by atoms with E-state index in [1.807, 2.05) is 90.2 Å². The molecule has 282 valence electrons. The van der Waals surface area contributed by atoms with Crippen molar-refractivity contribution in [2.24, 2.45) is 0 Å². The molecule has 6 aromatic heterocycles. The molecular formula is C40H36BBr3N10O2. The highest BCUT2D eigenvalue weighted by atomic mass is 79.9. The Bertz CT molecular complexity index is 2630. The van der Waals surface area contributed by atoms with Crippen LogP contribution in [0.5, 0.6) is 0 Å². The van der Waals surface area contributed by atoms with E-state index in [4.69, 9.17) is 9.31 Å². The number of aromatic nitrogens is 10. The van der Waals surface area contributed by atoms with Crippen LogP contribution >= 0.6 is 47.8 Å². The van der Waals surface area contributed by atoms with Crippen LogP contribution in [0.15, 0.2) is 124 Å². The summed E-state index contributed by atoms with van der Waals surface area (Å²) in [5.41, 5.74) is 5.97. The highest BCUT2D eigenvalue weighted by Crippen LogP contribution is 2.36. The molecule has 0 spiro atoms. The van der Waals surface area contributed by atoms with Crippen LogP contribution in [0.2, 0.25) is 0 Å². The fraction of sp³-hybridized carbons (Fsp3) is 0.200. The number of halogens is 3. The summed E-state index contributed by atoms with van der Waals surface area (Å²) in [6.45, 7) is 12.2. The number of rotatable bonds is 4. The lowest BCUT2D eigenvalue weighted by Crippen LogP contribution is -2.41. The van der Waals surface area contributed by atoms with E-state index >= 15 is 0 Å². The third-order valence-corrected chi connectivity index (χ3v) is 10.5. The predicted molar refractivity (Wildman–Crippen MR) is 229 cm³/mol. The maximum Gasteiger partial charge on any atom is 0.494 e. The minimum atomic E-state index is -0.386. The van der Waals surface area contributed by atoms with Crippen molar-refractivity contribution in [3.63, 3.8) is 0 Å². The summed E-state index contributed by atoms with van der Waals surface area (Å²) in [5.74, 6) is 1.61. The number of nitrogens with zero attached hydrogens (tertiary/aromatic N) is 10. The van der Waals surface area contributed by atoms with E-state index in [1.54, 1.807) is 24.8 Å². The summed E-state index contributed by atoms with van der Waals surface area (Å²) < 4.78 is 18.2. The van der Waals surface area contributed by atoms with Crippen LogP contribution in [0.4, 0.5) is 0 Å². The molecule has 0 atom stereocenters. The Balaban J connectivity index is 0.000000144. The minimum Gasteiger partial charge on any atom is -0.399 e. The SMILES string of the molecule is Brc1cncc(Br)n1.Cc1cccc(-n2ncc3ccc(-c4cncc(Br)n4)cc32)n1.Cc1cccc(-n2ncc3ccc(B4OC(C)(C)C(C)(C)O4)cc32)n1. The van der Waals surface area contributed by atoms with E-state index in [9.17, 15) is 0 Å². The second-order valence-electron chi connectivity index (χ2n) is 14.0. The highest BCUT2D eigenvalue weighted by Gasteiger charge is 2.51. The zero-order valence-corrected chi connectivity index (χ0v) is 36.2. The molecule has 2 aromatic carbocycles. The number of hydrogen-bond donors (Lipinski definition) is 0. The molecule has 0 bridgehead atoms. The quantitative estimate of drug-likeness (QED) is 0.158. The minimum absolute atomic E-state index is 0.356. The van der Waals surface area contributed by atoms with Gasteiger partial charge in [-0.05, 0) is 131 Å². The molecule has 7 heterocycles. The lowest BCUT2D eigenvalue weighted by Gasteiger charge is -2.32. The van der Waals surface area contributed by atoms with E-state index in [0.29, 0.717) is 4.60 Å².